The van der Waals surface area contributed by atoms with Gasteiger partial charge in [-0.15, -0.1) is 11.6 Å². The Morgan fingerprint density at radius 2 is 1.79 bits per heavy atom. The zero-order valence-corrected chi connectivity index (χ0v) is 12.5. The van der Waals surface area contributed by atoms with Crippen LogP contribution in [0.5, 0.6) is 0 Å². The van der Waals surface area contributed by atoms with Gasteiger partial charge < -0.3 is 9.80 Å². The number of nitrogens with zero attached hydrogens (tertiary/aromatic N) is 2. The molecule has 104 valence electrons. The Morgan fingerprint density at radius 3 is 2.32 bits per heavy atom. The fourth-order valence-corrected chi connectivity index (χ4v) is 2.47. The second-order valence-electron chi connectivity index (χ2n) is 4.66. The smallest absolute Gasteiger partial charge is 0.240 e. The van der Waals surface area contributed by atoms with Gasteiger partial charge in [0.05, 0.1) is 0 Å². The Kier molecular flexibility index (Phi) is 4.94. The van der Waals surface area contributed by atoms with Gasteiger partial charge in [0.1, 0.15) is 5.38 Å². The zero-order chi connectivity index (χ0) is 13.8. The molecule has 1 aromatic rings. The van der Waals surface area contributed by atoms with Crippen molar-refractivity contribution in [2.45, 2.75) is 18.7 Å². The second-order valence-corrected chi connectivity index (χ2v) is 5.63. The van der Waals surface area contributed by atoms with Crippen LogP contribution in [0, 0.1) is 0 Å². The molecule has 1 aliphatic rings. The van der Waals surface area contributed by atoms with Gasteiger partial charge in [-0.3, -0.25) is 4.79 Å². The molecular weight excluding hydrogens is 283 g/mol. The van der Waals surface area contributed by atoms with Gasteiger partial charge in [0.25, 0.3) is 0 Å². The summed E-state index contributed by atoms with van der Waals surface area (Å²) < 4.78 is 0. The van der Waals surface area contributed by atoms with Crippen LogP contribution in [-0.4, -0.2) is 42.4 Å². The molecular formula is C14H18Cl2N2O. The molecule has 0 N–H and O–H groups in total. The Bertz CT molecular complexity index is 428. The Balaban J connectivity index is 1.92. The average Bonchev–Trinajstić information content (AvgIpc) is 2.46. The van der Waals surface area contributed by atoms with E-state index >= 15 is 0 Å². The Morgan fingerprint density at radius 1 is 1.21 bits per heavy atom. The average molecular weight is 301 g/mol. The van der Waals surface area contributed by atoms with Crippen molar-refractivity contribution in [2.75, 3.05) is 31.1 Å². The predicted molar refractivity (Wildman–Crippen MR) is 80.2 cm³/mol. The number of hydrogen-bond acceptors (Lipinski definition) is 2. The van der Waals surface area contributed by atoms with E-state index in [1.54, 1.807) is 0 Å². The van der Waals surface area contributed by atoms with Gasteiger partial charge in [-0.25, -0.2) is 0 Å². The SMILES string of the molecule is CCC(Cl)C(=O)N1CCN(c2ccc(Cl)cc2)CC1. The van der Waals surface area contributed by atoms with Crippen LogP contribution in [0.2, 0.25) is 5.02 Å². The van der Waals surface area contributed by atoms with Crippen LogP contribution in [0.4, 0.5) is 5.69 Å². The van der Waals surface area contributed by atoms with Crippen molar-refractivity contribution in [3.63, 3.8) is 0 Å². The van der Waals surface area contributed by atoms with E-state index in [0.717, 1.165) is 36.9 Å². The minimum absolute atomic E-state index is 0.0555. The molecule has 1 amide bonds. The molecule has 0 aliphatic carbocycles. The quantitative estimate of drug-likeness (QED) is 0.801. The number of amides is 1. The third-order valence-corrected chi connectivity index (χ3v) is 4.16. The molecule has 2 rings (SSSR count). The molecule has 0 radical (unpaired) electrons. The molecule has 1 aromatic carbocycles. The molecule has 0 spiro atoms. The zero-order valence-electron chi connectivity index (χ0n) is 11.0. The standard InChI is InChI=1S/C14H18Cl2N2O/c1-2-13(16)14(19)18-9-7-17(8-10-18)12-5-3-11(15)4-6-12/h3-6,13H,2,7-10H2,1H3. The first kappa shape index (κ1) is 14.5. The summed E-state index contributed by atoms with van der Waals surface area (Å²) in [6.45, 7) is 5.05. The summed E-state index contributed by atoms with van der Waals surface area (Å²) >= 11 is 11.9. The van der Waals surface area contributed by atoms with Gasteiger partial charge in [-0.05, 0) is 30.7 Å². The van der Waals surface area contributed by atoms with E-state index in [-0.39, 0.29) is 11.3 Å². The van der Waals surface area contributed by atoms with Crippen LogP contribution in [0.25, 0.3) is 0 Å². The number of hydrogen-bond donors (Lipinski definition) is 0. The van der Waals surface area contributed by atoms with Crippen LogP contribution in [0.15, 0.2) is 24.3 Å². The molecule has 0 saturated carbocycles. The molecule has 1 aliphatic heterocycles. The van der Waals surface area contributed by atoms with Crippen LogP contribution in [0.1, 0.15) is 13.3 Å². The Hall–Kier alpha value is -0.930. The molecule has 5 heteroatoms. The minimum atomic E-state index is -0.387. The third kappa shape index (κ3) is 3.54. The van der Waals surface area contributed by atoms with Crippen molar-refractivity contribution < 1.29 is 4.79 Å². The van der Waals surface area contributed by atoms with E-state index in [2.05, 4.69) is 4.90 Å². The molecule has 1 heterocycles. The fraction of sp³-hybridized carbons (Fsp3) is 0.500. The summed E-state index contributed by atoms with van der Waals surface area (Å²) in [4.78, 5) is 16.1. The van der Waals surface area contributed by atoms with Crippen molar-refractivity contribution in [1.29, 1.82) is 0 Å². The van der Waals surface area contributed by atoms with Crippen molar-refractivity contribution in [3.8, 4) is 0 Å². The number of halogens is 2. The lowest BCUT2D eigenvalue weighted by Crippen LogP contribution is -2.50. The van der Waals surface area contributed by atoms with E-state index < -0.39 is 0 Å². The molecule has 1 saturated heterocycles. The van der Waals surface area contributed by atoms with Gasteiger partial charge in [-0.2, -0.15) is 0 Å². The number of anilines is 1. The summed E-state index contributed by atoms with van der Waals surface area (Å²) in [6.07, 6.45) is 0.678. The molecule has 0 aromatic heterocycles. The first-order chi connectivity index (χ1) is 9.11. The lowest BCUT2D eigenvalue weighted by Gasteiger charge is -2.36. The summed E-state index contributed by atoms with van der Waals surface area (Å²) in [5.74, 6) is 0.0555. The maximum Gasteiger partial charge on any atom is 0.240 e. The van der Waals surface area contributed by atoms with E-state index in [4.69, 9.17) is 23.2 Å². The summed E-state index contributed by atoms with van der Waals surface area (Å²) in [5.41, 5.74) is 1.15. The van der Waals surface area contributed by atoms with Crippen molar-refractivity contribution in [2.24, 2.45) is 0 Å². The molecule has 3 nitrogen and oxygen atoms in total. The van der Waals surface area contributed by atoms with Gasteiger partial charge in [0.15, 0.2) is 0 Å². The first-order valence-corrected chi connectivity index (χ1v) is 7.36. The van der Waals surface area contributed by atoms with Crippen molar-refractivity contribution >= 4 is 34.8 Å². The van der Waals surface area contributed by atoms with E-state index in [0.29, 0.717) is 6.42 Å². The Labute approximate surface area is 124 Å². The molecule has 0 bridgehead atoms. The lowest BCUT2D eigenvalue weighted by atomic mass is 10.2. The molecule has 19 heavy (non-hydrogen) atoms. The number of carbonyl (C=O) groups is 1. The van der Waals surface area contributed by atoms with Gasteiger partial charge in [0, 0.05) is 36.9 Å². The van der Waals surface area contributed by atoms with Crippen molar-refractivity contribution in [1.82, 2.24) is 4.90 Å². The number of carbonyl (C=O) groups excluding carboxylic acids is 1. The highest BCUT2D eigenvalue weighted by Gasteiger charge is 2.25. The first-order valence-electron chi connectivity index (χ1n) is 6.55. The maximum absolute atomic E-state index is 12.0. The highest BCUT2D eigenvalue weighted by molar-refractivity contribution is 6.31. The van der Waals surface area contributed by atoms with Crippen LogP contribution in [-0.2, 0) is 4.79 Å². The fourth-order valence-electron chi connectivity index (χ4n) is 2.21. The van der Waals surface area contributed by atoms with E-state index in [1.165, 1.54) is 0 Å². The predicted octanol–water partition coefficient (Wildman–Crippen LogP) is 3.01. The number of benzene rings is 1. The number of rotatable bonds is 3. The van der Waals surface area contributed by atoms with Crippen LogP contribution in [0.3, 0.4) is 0 Å². The second kappa shape index (κ2) is 6.49. The molecule has 1 atom stereocenters. The summed E-state index contributed by atoms with van der Waals surface area (Å²) in [6, 6.07) is 7.80. The van der Waals surface area contributed by atoms with Gasteiger partial charge >= 0.3 is 0 Å². The minimum Gasteiger partial charge on any atom is -0.368 e. The summed E-state index contributed by atoms with van der Waals surface area (Å²) in [7, 11) is 0. The normalized spacial score (nSPS) is 17.4. The lowest BCUT2D eigenvalue weighted by molar-refractivity contribution is -0.131. The van der Waals surface area contributed by atoms with Gasteiger partial charge in [0.2, 0.25) is 5.91 Å². The van der Waals surface area contributed by atoms with Gasteiger partial charge in [-0.1, -0.05) is 18.5 Å². The monoisotopic (exact) mass is 300 g/mol. The topological polar surface area (TPSA) is 23.6 Å². The summed E-state index contributed by atoms with van der Waals surface area (Å²) in [5, 5.41) is 0.354. The number of piperazine rings is 1. The van der Waals surface area contributed by atoms with Crippen LogP contribution >= 0.6 is 23.2 Å². The van der Waals surface area contributed by atoms with Crippen LogP contribution < -0.4 is 4.90 Å². The highest BCUT2D eigenvalue weighted by atomic mass is 35.5. The van der Waals surface area contributed by atoms with Crippen molar-refractivity contribution in [3.05, 3.63) is 29.3 Å². The highest BCUT2D eigenvalue weighted by Crippen LogP contribution is 2.20. The molecule has 1 fully saturated rings. The molecule has 1 unspecified atom stereocenters. The van der Waals surface area contributed by atoms with E-state index in [9.17, 15) is 4.79 Å². The largest absolute Gasteiger partial charge is 0.368 e. The van der Waals surface area contributed by atoms with E-state index in [1.807, 2.05) is 36.1 Å². The third-order valence-electron chi connectivity index (χ3n) is 3.41. The maximum atomic E-state index is 12.0. The number of alkyl halides is 1.